The quantitative estimate of drug-likeness (QED) is 0.638. The van der Waals surface area contributed by atoms with E-state index in [9.17, 15) is 18.3 Å². The van der Waals surface area contributed by atoms with Gasteiger partial charge in [-0.15, -0.1) is 0 Å². The Kier molecular flexibility index (Phi) is 4.20. The molecule has 0 atom stereocenters. The van der Waals surface area contributed by atoms with Crippen molar-refractivity contribution in [3.8, 4) is 17.1 Å². The van der Waals surface area contributed by atoms with E-state index in [2.05, 4.69) is 5.32 Å². The maximum atomic E-state index is 12.8. The van der Waals surface area contributed by atoms with E-state index in [0.29, 0.717) is 23.6 Å². The van der Waals surface area contributed by atoms with Gasteiger partial charge in [0.15, 0.2) is 0 Å². The van der Waals surface area contributed by atoms with Crippen molar-refractivity contribution in [1.82, 2.24) is 0 Å². The Morgan fingerprint density at radius 3 is 2.42 bits per heavy atom. The number of benzene rings is 2. The van der Waals surface area contributed by atoms with Crippen molar-refractivity contribution in [2.75, 3.05) is 5.32 Å². The van der Waals surface area contributed by atoms with Crippen molar-refractivity contribution in [1.29, 1.82) is 0 Å². The van der Waals surface area contributed by atoms with Gasteiger partial charge in [-0.3, -0.25) is 0 Å². The van der Waals surface area contributed by atoms with Crippen LogP contribution in [0.4, 0.5) is 18.9 Å². The Bertz CT molecular complexity index is 823. The normalized spacial score (nSPS) is 11.5. The Morgan fingerprint density at radius 1 is 0.958 bits per heavy atom. The number of nitrogens with one attached hydrogen (secondary N) is 1. The highest BCUT2D eigenvalue weighted by atomic mass is 19.4. The van der Waals surface area contributed by atoms with Gasteiger partial charge in [-0.1, -0.05) is 12.1 Å². The molecule has 0 fully saturated rings. The summed E-state index contributed by atoms with van der Waals surface area (Å²) in [5, 5.41) is 12.3. The van der Waals surface area contributed by atoms with Crippen molar-refractivity contribution in [2.24, 2.45) is 0 Å². The molecule has 6 heteroatoms. The molecule has 0 amide bonds. The molecule has 1 heterocycles. The van der Waals surface area contributed by atoms with Crippen molar-refractivity contribution < 1.29 is 22.7 Å². The zero-order valence-electron chi connectivity index (χ0n) is 12.5. The fourth-order valence-electron chi connectivity index (χ4n) is 2.25. The van der Waals surface area contributed by atoms with E-state index in [1.165, 1.54) is 6.07 Å². The van der Waals surface area contributed by atoms with E-state index in [4.69, 9.17) is 4.42 Å². The second-order valence-electron chi connectivity index (χ2n) is 5.24. The van der Waals surface area contributed by atoms with Crippen molar-refractivity contribution in [3.05, 3.63) is 72.0 Å². The van der Waals surface area contributed by atoms with Crippen LogP contribution in [0.25, 0.3) is 11.3 Å². The molecule has 0 unspecified atom stereocenters. The molecule has 0 radical (unpaired) electrons. The molecule has 0 aliphatic heterocycles. The standard InChI is InChI=1S/C18H14F3NO2/c19-18(20,21)13-3-1-2-12(10-13)17-9-8-16(24-17)11-22-14-4-6-15(23)7-5-14/h1-10,22-23H,11H2. The van der Waals surface area contributed by atoms with Crippen LogP contribution in [0.15, 0.2) is 65.1 Å². The van der Waals surface area contributed by atoms with Gasteiger partial charge in [-0.25, -0.2) is 0 Å². The van der Waals surface area contributed by atoms with Gasteiger partial charge in [0, 0.05) is 11.3 Å². The Hall–Kier alpha value is -2.89. The van der Waals surface area contributed by atoms with Gasteiger partial charge in [0.2, 0.25) is 0 Å². The van der Waals surface area contributed by atoms with Gasteiger partial charge in [0.05, 0.1) is 12.1 Å². The number of anilines is 1. The predicted octanol–water partition coefficient (Wildman–Crippen LogP) is 5.28. The Balaban J connectivity index is 1.72. The highest BCUT2D eigenvalue weighted by Gasteiger charge is 2.30. The number of furan rings is 1. The van der Waals surface area contributed by atoms with Crippen LogP contribution in [0, 0.1) is 0 Å². The second-order valence-corrected chi connectivity index (χ2v) is 5.24. The Labute approximate surface area is 136 Å². The van der Waals surface area contributed by atoms with E-state index >= 15 is 0 Å². The number of hydrogen-bond acceptors (Lipinski definition) is 3. The average Bonchev–Trinajstić information content (AvgIpc) is 3.03. The summed E-state index contributed by atoms with van der Waals surface area (Å²) in [4.78, 5) is 0. The van der Waals surface area contributed by atoms with E-state index in [1.807, 2.05) is 0 Å². The van der Waals surface area contributed by atoms with Crippen LogP contribution in [-0.2, 0) is 12.7 Å². The molecule has 0 saturated heterocycles. The highest BCUT2D eigenvalue weighted by molar-refractivity contribution is 5.59. The molecule has 1 aromatic heterocycles. The van der Waals surface area contributed by atoms with Gasteiger partial charge in [0.25, 0.3) is 0 Å². The summed E-state index contributed by atoms with van der Waals surface area (Å²) < 4.78 is 43.9. The highest BCUT2D eigenvalue weighted by Crippen LogP contribution is 2.32. The molecular weight excluding hydrogens is 319 g/mol. The number of halogens is 3. The zero-order valence-corrected chi connectivity index (χ0v) is 12.5. The summed E-state index contributed by atoms with van der Waals surface area (Å²) in [7, 11) is 0. The summed E-state index contributed by atoms with van der Waals surface area (Å²) in [6.45, 7) is 0.379. The number of rotatable bonds is 4. The lowest BCUT2D eigenvalue weighted by atomic mass is 10.1. The summed E-state index contributed by atoms with van der Waals surface area (Å²) >= 11 is 0. The van der Waals surface area contributed by atoms with Crippen molar-refractivity contribution in [3.63, 3.8) is 0 Å². The molecule has 0 spiro atoms. The largest absolute Gasteiger partial charge is 0.508 e. The summed E-state index contributed by atoms with van der Waals surface area (Å²) in [6.07, 6.45) is -4.38. The van der Waals surface area contributed by atoms with Crippen LogP contribution in [0.5, 0.6) is 5.75 Å². The maximum Gasteiger partial charge on any atom is 0.416 e. The fourth-order valence-corrected chi connectivity index (χ4v) is 2.25. The summed E-state index contributed by atoms with van der Waals surface area (Å²) in [6, 6.07) is 14.9. The lowest BCUT2D eigenvalue weighted by molar-refractivity contribution is -0.137. The van der Waals surface area contributed by atoms with E-state index in [-0.39, 0.29) is 5.75 Å². The number of hydrogen-bond donors (Lipinski definition) is 2. The van der Waals surface area contributed by atoms with Crippen LogP contribution in [-0.4, -0.2) is 5.11 Å². The first-order valence-electron chi connectivity index (χ1n) is 7.21. The third kappa shape index (κ3) is 3.71. The third-order valence-corrected chi connectivity index (χ3v) is 3.47. The number of phenols is 1. The summed E-state index contributed by atoms with van der Waals surface area (Å²) in [5.41, 5.74) is 0.464. The van der Waals surface area contributed by atoms with Gasteiger partial charge >= 0.3 is 6.18 Å². The molecule has 2 aromatic carbocycles. The van der Waals surface area contributed by atoms with E-state index in [0.717, 1.165) is 17.8 Å². The molecule has 0 aliphatic rings. The first-order valence-corrected chi connectivity index (χ1v) is 7.21. The minimum atomic E-state index is -4.38. The molecule has 3 nitrogen and oxygen atoms in total. The van der Waals surface area contributed by atoms with Crippen LogP contribution in [0.1, 0.15) is 11.3 Å². The number of phenolic OH excluding ortho intramolecular Hbond substituents is 1. The minimum absolute atomic E-state index is 0.172. The second kappa shape index (κ2) is 6.31. The SMILES string of the molecule is Oc1ccc(NCc2ccc(-c3cccc(C(F)(F)F)c3)o2)cc1. The minimum Gasteiger partial charge on any atom is -0.508 e. The molecule has 3 aromatic rings. The summed E-state index contributed by atoms with van der Waals surface area (Å²) in [5.74, 6) is 1.14. The van der Waals surface area contributed by atoms with Crippen LogP contribution < -0.4 is 5.32 Å². The molecule has 24 heavy (non-hydrogen) atoms. The maximum absolute atomic E-state index is 12.8. The van der Waals surface area contributed by atoms with E-state index in [1.54, 1.807) is 42.5 Å². The van der Waals surface area contributed by atoms with Gasteiger partial charge < -0.3 is 14.8 Å². The lowest BCUT2D eigenvalue weighted by Gasteiger charge is -2.07. The molecule has 0 saturated carbocycles. The van der Waals surface area contributed by atoms with Crippen molar-refractivity contribution in [2.45, 2.75) is 12.7 Å². The third-order valence-electron chi connectivity index (χ3n) is 3.47. The first-order chi connectivity index (χ1) is 11.4. The number of aromatic hydroxyl groups is 1. The van der Waals surface area contributed by atoms with E-state index < -0.39 is 11.7 Å². The average molecular weight is 333 g/mol. The molecule has 3 rings (SSSR count). The molecule has 0 bridgehead atoms. The zero-order chi connectivity index (χ0) is 17.2. The topological polar surface area (TPSA) is 45.4 Å². The van der Waals surface area contributed by atoms with Crippen LogP contribution in [0.2, 0.25) is 0 Å². The lowest BCUT2D eigenvalue weighted by Crippen LogP contribution is -2.04. The molecule has 124 valence electrons. The van der Waals surface area contributed by atoms with Gasteiger partial charge in [-0.2, -0.15) is 13.2 Å². The monoisotopic (exact) mass is 333 g/mol. The first kappa shape index (κ1) is 16.0. The Morgan fingerprint density at radius 2 is 1.71 bits per heavy atom. The predicted molar refractivity (Wildman–Crippen MR) is 84.6 cm³/mol. The molecule has 0 aliphatic carbocycles. The van der Waals surface area contributed by atoms with Gasteiger partial charge in [-0.05, 0) is 48.5 Å². The van der Waals surface area contributed by atoms with Crippen LogP contribution >= 0.6 is 0 Å². The molecule has 2 N–H and O–H groups in total. The fraction of sp³-hybridized carbons (Fsp3) is 0.111. The molecular formula is C18H14F3NO2. The number of alkyl halides is 3. The van der Waals surface area contributed by atoms with Crippen LogP contribution in [0.3, 0.4) is 0 Å². The smallest absolute Gasteiger partial charge is 0.416 e. The van der Waals surface area contributed by atoms with Gasteiger partial charge in [0.1, 0.15) is 17.3 Å². The van der Waals surface area contributed by atoms with Crippen molar-refractivity contribution >= 4 is 5.69 Å².